The molecule has 17 heavy (non-hydrogen) atoms. The molecule has 1 aromatic rings. The molecule has 4 nitrogen and oxygen atoms in total. The number of aryl methyl sites for hydroxylation is 1. The van der Waals surface area contributed by atoms with Crippen LogP contribution in [0, 0.1) is 24.2 Å². The molecule has 0 aliphatic heterocycles. The summed E-state index contributed by atoms with van der Waals surface area (Å²) in [5.41, 5.74) is 0.869. The van der Waals surface area contributed by atoms with Gasteiger partial charge in [0.25, 0.3) is 10.0 Å². The number of thiophene rings is 1. The van der Waals surface area contributed by atoms with Crippen LogP contribution in [0.4, 0.5) is 0 Å². The first kappa shape index (κ1) is 14.6. The number of nitrogens with zero attached hydrogens (tertiary/aromatic N) is 1. The van der Waals surface area contributed by atoms with E-state index in [1.807, 2.05) is 13.0 Å². The lowest BCUT2D eigenvalue weighted by Crippen LogP contribution is -2.36. The van der Waals surface area contributed by atoms with E-state index < -0.39 is 16.1 Å². The van der Waals surface area contributed by atoms with Crippen molar-refractivity contribution in [3.8, 4) is 6.07 Å². The minimum atomic E-state index is -3.60. The van der Waals surface area contributed by atoms with Crippen LogP contribution >= 0.6 is 27.3 Å². The molecule has 0 aromatic carbocycles. The van der Waals surface area contributed by atoms with Gasteiger partial charge < -0.3 is 0 Å². The Bertz CT molecular complexity index is 524. The van der Waals surface area contributed by atoms with E-state index in [4.69, 9.17) is 5.26 Å². The Morgan fingerprint density at radius 1 is 1.53 bits per heavy atom. The van der Waals surface area contributed by atoms with E-state index in [9.17, 15) is 8.42 Å². The first-order chi connectivity index (χ1) is 7.77. The van der Waals surface area contributed by atoms with Gasteiger partial charge in [0, 0.05) is 0 Å². The molecule has 1 atom stereocenters. The lowest BCUT2D eigenvalue weighted by molar-refractivity contribution is 0.516. The molecule has 0 radical (unpaired) electrons. The van der Waals surface area contributed by atoms with Crippen molar-refractivity contribution in [3.05, 3.63) is 15.4 Å². The molecule has 94 valence electrons. The number of hydrogen-bond acceptors (Lipinski definition) is 4. The third kappa shape index (κ3) is 3.52. The molecule has 0 bridgehead atoms. The van der Waals surface area contributed by atoms with E-state index in [0.717, 1.165) is 20.7 Å². The second-order valence-electron chi connectivity index (χ2n) is 3.99. The number of sulfonamides is 1. The van der Waals surface area contributed by atoms with Gasteiger partial charge in [0.2, 0.25) is 0 Å². The maximum absolute atomic E-state index is 12.0. The van der Waals surface area contributed by atoms with Gasteiger partial charge in [-0.15, -0.1) is 11.3 Å². The molecule has 0 aliphatic rings. The Balaban J connectivity index is 3.01. The molecule has 1 unspecified atom stereocenters. The maximum Gasteiger partial charge on any atom is 0.251 e. The predicted molar refractivity (Wildman–Crippen MR) is 71.3 cm³/mol. The second kappa shape index (κ2) is 5.48. The van der Waals surface area contributed by atoms with Gasteiger partial charge in [0.05, 0.1) is 9.86 Å². The van der Waals surface area contributed by atoms with Crippen molar-refractivity contribution in [1.29, 1.82) is 5.26 Å². The zero-order chi connectivity index (χ0) is 13.2. The number of rotatable bonds is 4. The number of nitrogens with one attached hydrogen (secondary N) is 1. The van der Waals surface area contributed by atoms with Gasteiger partial charge in [-0.05, 0) is 40.4 Å². The van der Waals surface area contributed by atoms with Crippen LogP contribution in [-0.2, 0) is 10.0 Å². The average molecular weight is 337 g/mol. The summed E-state index contributed by atoms with van der Waals surface area (Å²) in [6.07, 6.45) is 0. The zero-order valence-corrected chi connectivity index (χ0v) is 12.9. The third-order valence-electron chi connectivity index (χ3n) is 2.19. The molecule has 1 rings (SSSR count). The van der Waals surface area contributed by atoms with Crippen LogP contribution in [0.15, 0.2) is 14.1 Å². The monoisotopic (exact) mass is 336 g/mol. The molecule has 0 aliphatic carbocycles. The van der Waals surface area contributed by atoms with Gasteiger partial charge in [0.1, 0.15) is 10.3 Å². The summed E-state index contributed by atoms with van der Waals surface area (Å²) in [5.74, 6) is -0.0701. The quantitative estimate of drug-likeness (QED) is 0.918. The summed E-state index contributed by atoms with van der Waals surface area (Å²) in [6, 6.07) is 2.83. The third-order valence-corrected chi connectivity index (χ3v) is 6.24. The summed E-state index contributed by atoms with van der Waals surface area (Å²) < 4.78 is 27.4. The molecular formula is C10H13BrN2O2S2. The Kier molecular flexibility index (Phi) is 4.72. The van der Waals surface area contributed by atoms with Gasteiger partial charge >= 0.3 is 0 Å². The largest absolute Gasteiger partial charge is 0.251 e. The minimum Gasteiger partial charge on any atom is -0.206 e. The highest BCUT2D eigenvalue weighted by molar-refractivity contribution is 9.11. The molecule has 1 N–H and O–H groups in total. The lowest BCUT2D eigenvalue weighted by atomic mass is 10.1. The van der Waals surface area contributed by atoms with Crippen molar-refractivity contribution in [3.63, 3.8) is 0 Å². The van der Waals surface area contributed by atoms with Crippen molar-refractivity contribution >= 4 is 37.3 Å². The summed E-state index contributed by atoms with van der Waals surface area (Å²) in [7, 11) is -3.60. The SMILES string of the molecule is Cc1cc(S(=O)(=O)NC(C#N)C(C)C)sc1Br. The highest BCUT2D eigenvalue weighted by Gasteiger charge is 2.24. The van der Waals surface area contributed by atoms with Crippen molar-refractivity contribution < 1.29 is 8.42 Å². The first-order valence-corrected chi connectivity index (χ1v) is 8.05. The maximum atomic E-state index is 12.0. The van der Waals surface area contributed by atoms with E-state index in [-0.39, 0.29) is 10.1 Å². The lowest BCUT2D eigenvalue weighted by Gasteiger charge is -2.13. The predicted octanol–water partition coefficient (Wildman–Crippen LogP) is 2.65. The first-order valence-electron chi connectivity index (χ1n) is 4.96. The van der Waals surface area contributed by atoms with Crippen LogP contribution in [0.5, 0.6) is 0 Å². The van der Waals surface area contributed by atoms with Crippen LogP contribution in [0.1, 0.15) is 19.4 Å². The smallest absolute Gasteiger partial charge is 0.206 e. The topological polar surface area (TPSA) is 70.0 Å². The average Bonchev–Trinajstić information content (AvgIpc) is 2.56. The van der Waals surface area contributed by atoms with Gasteiger partial charge in [-0.2, -0.15) is 9.98 Å². The van der Waals surface area contributed by atoms with Crippen LogP contribution in [0.2, 0.25) is 0 Å². The Morgan fingerprint density at radius 3 is 2.47 bits per heavy atom. The van der Waals surface area contributed by atoms with E-state index >= 15 is 0 Å². The van der Waals surface area contributed by atoms with Crippen molar-refractivity contribution in [2.45, 2.75) is 31.0 Å². The Labute approximate surface area is 114 Å². The van der Waals surface area contributed by atoms with Crippen LogP contribution in [0.25, 0.3) is 0 Å². The van der Waals surface area contributed by atoms with Gasteiger partial charge in [-0.25, -0.2) is 8.42 Å². The molecule has 0 saturated heterocycles. The highest BCUT2D eigenvalue weighted by Crippen LogP contribution is 2.30. The highest BCUT2D eigenvalue weighted by atomic mass is 79.9. The van der Waals surface area contributed by atoms with Crippen LogP contribution in [-0.4, -0.2) is 14.5 Å². The molecule has 1 heterocycles. The van der Waals surface area contributed by atoms with E-state index in [1.54, 1.807) is 19.9 Å². The number of hydrogen-bond donors (Lipinski definition) is 1. The number of halogens is 1. The summed E-state index contributed by atoms with van der Waals surface area (Å²) >= 11 is 4.42. The Morgan fingerprint density at radius 2 is 2.12 bits per heavy atom. The van der Waals surface area contributed by atoms with Gasteiger partial charge in [0.15, 0.2) is 0 Å². The molecular weight excluding hydrogens is 324 g/mol. The van der Waals surface area contributed by atoms with E-state index in [1.165, 1.54) is 0 Å². The molecule has 0 saturated carbocycles. The summed E-state index contributed by atoms with van der Waals surface area (Å²) in [5, 5.41) is 8.88. The van der Waals surface area contributed by atoms with Crippen molar-refractivity contribution in [2.75, 3.05) is 0 Å². The van der Waals surface area contributed by atoms with E-state index in [2.05, 4.69) is 20.7 Å². The second-order valence-corrected chi connectivity index (χ2v) is 8.31. The fourth-order valence-corrected chi connectivity index (χ4v) is 4.63. The molecule has 0 fully saturated rings. The van der Waals surface area contributed by atoms with Crippen molar-refractivity contribution in [1.82, 2.24) is 4.72 Å². The fraction of sp³-hybridized carbons (Fsp3) is 0.500. The van der Waals surface area contributed by atoms with Gasteiger partial charge in [-0.1, -0.05) is 13.8 Å². The van der Waals surface area contributed by atoms with Gasteiger partial charge in [-0.3, -0.25) is 0 Å². The molecule has 1 aromatic heterocycles. The number of nitriles is 1. The van der Waals surface area contributed by atoms with Crippen LogP contribution < -0.4 is 4.72 Å². The molecule has 0 amide bonds. The van der Waals surface area contributed by atoms with E-state index in [0.29, 0.717) is 0 Å². The summed E-state index contributed by atoms with van der Waals surface area (Å²) in [4.78, 5) is 0. The zero-order valence-electron chi connectivity index (χ0n) is 9.69. The Hall–Kier alpha value is -0.420. The van der Waals surface area contributed by atoms with Crippen LogP contribution in [0.3, 0.4) is 0 Å². The normalized spacial score (nSPS) is 13.6. The standard InChI is InChI=1S/C10H13BrN2O2S2/c1-6(2)8(5-12)13-17(14,15)9-4-7(3)10(11)16-9/h4,6,8,13H,1-3H3. The molecule has 7 heteroatoms. The summed E-state index contributed by atoms with van der Waals surface area (Å²) in [6.45, 7) is 5.42. The fourth-order valence-electron chi connectivity index (χ4n) is 1.10. The molecule has 0 spiro atoms. The minimum absolute atomic E-state index is 0.0701. The van der Waals surface area contributed by atoms with Crippen molar-refractivity contribution in [2.24, 2.45) is 5.92 Å².